The van der Waals surface area contributed by atoms with E-state index in [2.05, 4.69) is 231 Å². The van der Waals surface area contributed by atoms with Gasteiger partial charge in [-0.05, 0) is 87.4 Å². The van der Waals surface area contributed by atoms with Gasteiger partial charge in [-0.3, -0.25) is 11.6 Å². The first-order valence-electron chi connectivity index (χ1n) is 23.1. The van der Waals surface area contributed by atoms with Crippen molar-refractivity contribution in [3.63, 3.8) is 0 Å². The van der Waals surface area contributed by atoms with Crippen LogP contribution in [0.1, 0.15) is 135 Å². The third-order valence-electron chi connectivity index (χ3n) is 12.2. The van der Waals surface area contributed by atoms with E-state index in [1.165, 1.54) is 61.2 Å². The van der Waals surface area contributed by atoms with Crippen molar-refractivity contribution in [1.82, 2.24) is 4.98 Å². The fourth-order valence-electron chi connectivity index (χ4n) is 7.67. The largest absolute Gasteiger partial charge is 2.00 e. The predicted molar refractivity (Wildman–Crippen MR) is 282 cm³/mol. The molecule has 0 bridgehead atoms. The number of nitrogens with zero attached hydrogens (tertiary/aromatic N) is 1. The van der Waals surface area contributed by atoms with E-state index >= 15 is 0 Å². The van der Waals surface area contributed by atoms with Crippen molar-refractivity contribution < 1.29 is 26.2 Å². The second kappa shape index (κ2) is 21.5. The van der Waals surface area contributed by atoms with Crippen molar-refractivity contribution >= 4 is 5.57 Å². The molecule has 1 N–H and O–H groups in total. The van der Waals surface area contributed by atoms with Crippen LogP contribution in [0.3, 0.4) is 0 Å². The fourth-order valence-corrected chi connectivity index (χ4v) is 7.67. The molecule has 7 rings (SSSR count). The second-order valence-electron chi connectivity index (χ2n) is 21.7. The Bertz CT molecular complexity index is 2730. The van der Waals surface area contributed by atoms with Gasteiger partial charge in [0.25, 0.3) is 0 Å². The van der Waals surface area contributed by atoms with E-state index in [1.807, 2.05) is 25.3 Å². The van der Waals surface area contributed by atoms with Crippen molar-refractivity contribution in [1.29, 1.82) is 0 Å². The zero-order valence-electron chi connectivity index (χ0n) is 42.6. The van der Waals surface area contributed by atoms with Crippen LogP contribution in [0.2, 0.25) is 0 Å². The monoisotopic (exact) mass is 1050 g/mol. The number of phenols is 1. The summed E-state index contributed by atoms with van der Waals surface area (Å²) >= 11 is 0. The van der Waals surface area contributed by atoms with Crippen molar-refractivity contribution in [3.8, 4) is 50.4 Å². The van der Waals surface area contributed by atoms with Crippen LogP contribution in [0.25, 0.3) is 50.2 Å². The smallest absolute Gasteiger partial charge is 0.526 e. The molecule has 0 atom stereocenters. The molecule has 1 aromatic heterocycles. The van der Waals surface area contributed by atoms with Crippen LogP contribution in [0.15, 0.2) is 140 Å². The van der Waals surface area contributed by atoms with Crippen LogP contribution in [0.4, 0.5) is 0 Å². The summed E-state index contributed by atoms with van der Waals surface area (Å²) in [5.41, 5.74) is 19.7. The minimum atomic E-state index is -0.102. The fraction of sp³-hybridized carbons (Fsp3) is 0.317. The zero-order chi connectivity index (χ0) is 48.1. The van der Waals surface area contributed by atoms with E-state index in [-0.39, 0.29) is 42.7 Å². The SMILES string of the molecule is Cc1ccc(C(C)(C)C)cc1-c1ccccc1.Cc1cccc(-c2[c-]c(-c3cc(-c4ccccc4)ccn3)cc(C(C)(C)C)c2)c1C.[CH-]=C(C)c1cc(C(C)(C)C)cc(C(C)(C)C)c1O.[Pt+2]. The minimum absolute atomic E-state index is 0. The van der Waals surface area contributed by atoms with Crippen molar-refractivity contribution in [3.05, 3.63) is 197 Å². The molecular weight excluding hydrogens is 982 g/mol. The van der Waals surface area contributed by atoms with Crippen molar-refractivity contribution in [2.45, 2.75) is 132 Å². The van der Waals surface area contributed by atoms with Crippen molar-refractivity contribution in [2.75, 3.05) is 0 Å². The number of aromatic hydroxyl groups is 1. The second-order valence-corrected chi connectivity index (χ2v) is 21.7. The van der Waals surface area contributed by atoms with Gasteiger partial charge in [0.05, 0.1) is 0 Å². The van der Waals surface area contributed by atoms with Crippen molar-refractivity contribution in [2.24, 2.45) is 0 Å². The van der Waals surface area contributed by atoms with Gasteiger partial charge in [-0.25, -0.2) is 5.57 Å². The Morgan fingerprint density at radius 1 is 0.500 bits per heavy atom. The molecule has 2 nitrogen and oxygen atoms in total. The number of aromatic nitrogens is 1. The standard InChI is InChI=1S/C29H28N.C17H25O.C17H20.Pt/c1-20-10-9-13-27(21(20)2)24-16-25(18-26(17-24)29(3,4)5)28-19-23(14-15-30-28)22-11-7-6-8-12-22;1-11(2)13-9-12(16(3,4)5)10-14(15(13)18)17(6,7)8;1-13-10-11-15(17(2,3)4)12-16(13)14-8-6-5-7-9-14;/h6-15,17-19H,1-5H3;1,9-10,18H,2-8H3;5-12H,1-4H3;/q2*-1;;+2. The third kappa shape index (κ3) is 13.6. The topological polar surface area (TPSA) is 33.1 Å². The van der Waals surface area contributed by atoms with Gasteiger partial charge in [0.1, 0.15) is 0 Å². The van der Waals surface area contributed by atoms with Gasteiger partial charge in [0, 0.05) is 17.6 Å². The van der Waals surface area contributed by atoms with Gasteiger partial charge in [0.2, 0.25) is 0 Å². The molecular formula is C63H73NOPt. The molecule has 0 amide bonds. The Labute approximate surface area is 414 Å². The summed E-state index contributed by atoms with van der Waals surface area (Å²) in [5.74, 6) is 0.315. The Morgan fingerprint density at radius 3 is 1.59 bits per heavy atom. The molecule has 0 saturated carbocycles. The molecule has 6 aromatic carbocycles. The molecule has 0 aliphatic heterocycles. The molecule has 0 aliphatic rings. The summed E-state index contributed by atoms with van der Waals surface area (Å²) in [6.45, 7) is 40.6. The average molecular weight is 1060 g/mol. The van der Waals surface area contributed by atoms with Crippen LogP contribution >= 0.6 is 0 Å². The molecule has 0 aliphatic carbocycles. The van der Waals surface area contributed by atoms with Crippen LogP contribution < -0.4 is 0 Å². The summed E-state index contributed by atoms with van der Waals surface area (Å²) in [4.78, 5) is 4.70. The molecule has 0 fully saturated rings. The minimum Gasteiger partial charge on any atom is -0.526 e. The first-order chi connectivity index (χ1) is 30.3. The predicted octanol–water partition coefficient (Wildman–Crippen LogP) is 17.6. The Morgan fingerprint density at radius 2 is 1.05 bits per heavy atom. The maximum Gasteiger partial charge on any atom is 2.00 e. The Kier molecular flexibility index (Phi) is 17.4. The molecule has 66 heavy (non-hydrogen) atoms. The Balaban J connectivity index is 0.000000229. The number of pyridine rings is 1. The third-order valence-corrected chi connectivity index (χ3v) is 12.2. The molecule has 7 aromatic rings. The number of hydrogen-bond donors (Lipinski definition) is 1. The summed E-state index contributed by atoms with van der Waals surface area (Å²) in [6, 6.07) is 50.9. The molecule has 0 spiro atoms. The molecule has 346 valence electrons. The average Bonchev–Trinajstić information content (AvgIpc) is 3.24. The van der Waals surface area contributed by atoms with E-state index < -0.39 is 0 Å². The van der Waals surface area contributed by atoms with Gasteiger partial charge >= 0.3 is 21.1 Å². The maximum atomic E-state index is 10.4. The van der Waals surface area contributed by atoms with Gasteiger partial charge in [0.15, 0.2) is 0 Å². The zero-order valence-corrected chi connectivity index (χ0v) is 44.8. The van der Waals surface area contributed by atoms with E-state index in [0.29, 0.717) is 11.3 Å². The molecule has 0 saturated heterocycles. The normalized spacial score (nSPS) is 11.6. The van der Waals surface area contributed by atoms with Crippen LogP contribution in [0.5, 0.6) is 5.75 Å². The summed E-state index contributed by atoms with van der Waals surface area (Å²) in [5, 5.41) is 10.4. The van der Waals surface area contributed by atoms with Crippen LogP contribution in [0, 0.1) is 33.4 Å². The summed E-state index contributed by atoms with van der Waals surface area (Å²) in [7, 11) is 0. The van der Waals surface area contributed by atoms with E-state index in [1.54, 1.807) is 0 Å². The van der Waals surface area contributed by atoms with Gasteiger partial charge < -0.3 is 5.11 Å². The summed E-state index contributed by atoms with van der Waals surface area (Å²) in [6.07, 6.45) is 1.90. The number of benzene rings is 6. The number of hydrogen-bond acceptors (Lipinski definition) is 2. The number of allylic oxidation sites excluding steroid dienone is 1. The van der Waals surface area contributed by atoms with E-state index in [0.717, 1.165) is 27.9 Å². The molecule has 0 unspecified atom stereocenters. The maximum absolute atomic E-state index is 10.4. The summed E-state index contributed by atoms with van der Waals surface area (Å²) < 4.78 is 0. The Hall–Kier alpha value is -5.30. The van der Waals surface area contributed by atoms with Gasteiger partial charge in [-0.15, -0.1) is 41.0 Å². The molecule has 3 heteroatoms. The number of aryl methyl sites for hydroxylation is 2. The molecule has 1 heterocycles. The first-order valence-corrected chi connectivity index (χ1v) is 23.1. The number of rotatable bonds is 5. The van der Waals surface area contributed by atoms with Gasteiger partial charge in [-0.2, -0.15) is 0 Å². The van der Waals surface area contributed by atoms with Crippen LogP contribution in [-0.2, 0) is 42.7 Å². The quantitative estimate of drug-likeness (QED) is 0.174. The van der Waals surface area contributed by atoms with E-state index in [9.17, 15) is 5.11 Å². The van der Waals surface area contributed by atoms with Crippen LogP contribution in [-0.4, -0.2) is 10.1 Å². The molecule has 0 radical (unpaired) electrons. The number of phenolic OH excluding ortho intramolecular Hbond substituents is 1. The first kappa shape index (κ1) is 53.3. The van der Waals surface area contributed by atoms with E-state index in [4.69, 9.17) is 11.6 Å². The van der Waals surface area contributed by atoms with Gasteiger partial charge in [-0.1, -0.05) is 227 Å².